The first-order valence-corrected chi connectivity index (χ1v) is 5.34. The molecule has 0 fully saturated rings. The largest absolute Gasteiger partial charge is 0.251 e. The van der Waals surface area contributed by atoms with E-state index >= 15 is 0 Å². The molecule has 0 saturated carbocycles. The van der Waals surface area contributed by atoms with Crippen LogP contribution in [-0.4, -0.2) is 4.98 Å². The highest BCUT2D eigenvalue weighted by molar-refractivity contribution is 7.30. The molecule has 0 aliphatic rings. The van der Waals surface area contributed by atoms with Crippen LogP contribution in [0, 0.1) is 20.8 Å². The van der Waals surface area contributed by atoms with E-state index in [0.717, 1.165) is 5.52 Å². The molecule has 1 heterocycles. The molecule has 0 aliphatic heterocycles. The fraction of sp³-hybridized carbons (Fsp3) is 0.273. The van der Waals surface area contributed by atoms with Gasteiger partial charge in [-0.05, 0) is 43.3 Å². The Morgan fingerprint density at radius 1 is 1.15 bits per heavy atom. The van der Waals surface area contributed by atoms with E-state index in [9.17, 15) is 0 Å². The molecule has 0 N–H and O–H groups in total. The minimum absolute atomic E-state index is 1.12. The maximum atomic E-state index is 4.39. The van der Waals surface area contributed by atoms with Crippen molar-refractivity contribution in [3.05, 3.63) is 34.5 Å². The molecular weight excluding hydrogens is 177 g/mol. The second kappa shape index (κ2) is 3.08. The third-order valence-electron chi connectivity index (χ3n) is 2.52. The molecule has 13 heavy (non-hydrogen) atoms. The lowest BCUT2D eigenvalue weighted by Gasteiger charge is -2.06. The zero-order valence-corrected chi connectivity index (χ0v) is 9.02. The standard InChI is InChI=1S/C11H12NP/c1-7-4-5-10-11(8(7)2)9(3)13-6-12-10/h4-6H,1-3H3. The maximum absolute atomic E-state index is 4.39. The molecule has 0 radical (unpaired) electrons. The van der Waals surface area contributed by atoms with Crippen molar-refractivity contribution in [1.82, 2.24) is 4.98 Å². The smallest absolute Gasteiger partial charge is 0.0715 e. The van der Waals surface area contributed by atoms with Gasteiger partial charge in [-0.3, -0.25) is 4.98 Å². The summed E-state index contributed by atoms with van der Waals surface area (Å²) in [6.45, 7) is 6.50. The topological polar surface area (TPSA) is 12.9 Å². The Morgan fingerprint density at radius 2 is 1.92 bits per heavy atom. The number of hydrogen-bond acceptors (Lipinski definition) is 1. The predicted octanol–water partition coefficient (Wildman–Crippen LogP) is 3.74. The van der Waals surface area contributed by atoms with Gasteiger partial charge in [0.2, 0.25) is 0 Å². The normalized spacial score (nSPS) is 11.3. The van der Waals surface area contributed by atoms with Gasteiger partial charge in [-0.2, -0.15) is 0 Å². The molecule has 0 amide bonds. The van der Waals surface area contributed by atoms with Gasteiger partial charge in [-0.25, -0.2) is 0 Å². The zero-order valence-electron chi connectivity index (χ0n) is 8.13. The fourth-order valence-corrected chi connectivity index (χ4v) is 2.37. The molecule has 0 bridgehead atoms. The molecule has 1 nitrogen and oxygen atoms in total. The van der Waals surface area contributed by atoms with Crippen LogP contribution in [0.15, 0.2) is 18.1 Å². The van der Waals surface area contributed by atoms with Crippen molar-refractivity contribution in [2.24, 2.45) is 0 Å². The summed E-state index contributed by atoms with van der Waals surface area (Å²) in [4.78, 5) is 4.39. The molecule has 2 rings (SSSR count). The van der Waals surface area contributed by atoms with Crippen molar-refractivity contribution in [2.75, 3.05) is 0 Å². The molecule has 2 heteroatoms. The number of benzene rings is 1. The first kappa shape index (κ1) is 8.65. The highest BCUT2D eigenvalue weighted by Gasteiger charge is 2.03. The van der Waals surface area contributed by atoms with Gasteiger partial charge in [0.25, 0.3) is 0 Å². The molecule has 1 aromatic carbocycles. The lowest BCUT2D eigenvalue weighted by atomic mass is 10.0. The Balaban J connectivity index is 2.97. The fourth-order valence-electron chi connectivity index (χ4n) is 1.61. The van der Waals surface area contributed by atoms with E-state index in [0.29, 0.717) is 0 Å². The van der Waals surface area contributed by atoms with E-state index < -0.39 is 0 Å². The third-order valence-corrected chi connectivity index (χ3v) is 3.37. The average Bonchev–Trinajstić information content (AvgIpc) is 2.12. The van der Waals surface area contributed by atoms with E-state index in [1.807, 2.05) is 5.93 Å². The van der Waals surface area contributed by atoms with Crippen LogP contribution in [0.25, 0.3) is 10.9 Å². The summed E-state index contributed by atoms with van der Waals surface area (Å²) in [5, 5.41) is 2.76. The predicted molar refractivity (Wildman–Crippen MR) is 58.5 cm³/mol. The van der Waals surface area contributed by atoms with Gasteiger partial charge < -0.3 is 0 Å². The van der Waals surface area contributed by atoms with Gasteiger partial charge in [0.1, 0.15) is 0 Å². The summed E-state index contributed by atoms with van der Waals surface area (Å²) in [6, 6.07) is 4.24. The number of fused-ring (bicyclic) bond motifs is 1. The molecule has 66 valence electrons. The van der Waals surface area contributed by atoms with Crippen LogP contribution in [0.5, 0.6) is 0 Å². The average molecular weight is 189 g/mol. The van der Waals surface area contributed by atoms with Crippen LogP contribution < -0.4 is 0 Å². The van der Waals surface area contributed by atoms with Crippen LogP contribution in [-0.2, 0) is 0 Å². The van der Waals surface area contributed by atoms with Crippen molar-refractivity contribution in [1.29, 1.82) is 0 Å². The van der Waals surface area contributed by atoms with E-state index in [4.69, 9.17) is 0 Å². The van der Waals surface area contributed by atoms with Crippen LogP contribution >= 0.6 is 8.19 Å². The van der Waals surface area contributed by atoms with Crippen molar-refractivity contribution in [2.45, 2.75) is 20.8 Å². The monoisotopic (exact) mass is 189 g/mol. The summed E-state index contributed by atoms with van der Waals surface area (Å²) < 4.78 is 0. The second-order valence-electron chi connectivity index (χ2n) is 3.36. The second-order valence-corrected chi connectivity index (χ2v) is 4.52. The maximum Gasteiger partial charge on any atom is 0.0715 e. The molecule has 0 spiro atoms. The summed E-state index contributed by atoms with van der Waals surface area (Å²) in [6.07, 6.45) is 0. The summed E-state index contributed by atoms with van der Waals surface area (Å²) in [5.74, 6) is 1.96. The van der Waals surface area contributed by atoms with Crippen molar-refractivity contribution >= 4 is 19.1 Å². The van der Waals surface area contributed by atoms with Gasteiger partial charge in [0.15, 0.2) is 0 Å². The summed E-state index contributed by atoms with van der Waals surface area (Å²) in [7, 11) is 1.23. The van der Waals surface area contributed by atoms with Gasteiger partial charge >= 0.3 is 0 Å². The molecule has 2 aromatic rings. The molecule has 1 aromatic heterocycles. The Kier molecular flexibility index (Phi) is 2.05. The first-order valence-electron chi connectivity index (χ1n) is 4.37. The van der Waals surface area contributed by atoms with E-state index in [1.165, 1.54) is 30.0 Å². The number of hydrogen-bond donors (Lipinski definition) is 0. The molecule has 0 atom stereocenters. The molecular formula is C11H12NP. The van der Waals surface area contributed by atoms with Crippen LogP contribution in [0.3, 0.4) is 0 Å². The molecule has 0 unspecified atom stereocenters. The lowest BCUT2D eigenvalue weighted by molar-refractivity contribution is 1.35. The lowest BCUT2D eigenvalue weighted by Crippen LogP contribution is -1.86. The van der Waals surface area contributed by atoms with Crippen LogP contribution in [0.1, 0.15) is 16.4 Å². The molecule has 0 aliphatic carbocycles. The SMILES string of the molecule is Cc1ccc2ncpc(C)c2c1C. The highest BCUT2D eigenvalue weighted by atomic mass is 31.0. The number of rotatable bonds is 0. The number of aryl methyl sites for hydroxylation is 3. The van der Waals surface area contributed by atoms with Crippen LogP contribution in [0.4, 0.5) is 0 Å². The Labute approximate surface area is 79.9 Å². The van der Waals surface area contributed by atoms with Crippen molar-refractivity contribution in [3.63, 3.8) is 0 Å². The van der Waals surface area contributed by atoms with E-state index in [1.54, 1.807) is 0 Å². The van der Waals surface area contributed by atoms with Gasteiger partial charge in [-0.1, -0.05) is 14.3 Å². The minimum atomic E-state index is 1.12. The summed E-state index contributed by atoms with van der Waals surface area (Å²) in [5.41, 5.74) is 3.85. The Hall–Kier alpha value is -0.940. The first-order chi connectivity index (χ1) is 6.20. The van der Waals surface area contributed by atoms with Gasteiger partial charge in [-0.15, -0.1) is 0 Å². The minimum Gasteiger partial charge on any atom is -0.251 e. The van der Waals surface area contributed by atoms with Crippen molar-refractivity contribution in [3.8, 4) is 0 Å². The van der Waals surface area contributed by atoms with Gasteiger partial charge in [0, 0.05) is 5.39 Å². The number of nitrogens with zero attached hydrogens (tertiary/aromatic N) is 1. The van der Waals surface area contributed by atoms with Crippen molar-refractivity contribution < 1.29 is 0 Å². The quantitative estimate of drug-likeness (QED) is 0.615. The van der Waals surface area contributed by atoms with E-state index in [-0.39, 0.29) is 0 Å². The van der Waals surface area contributed by atoms with Crippen LogP contribution in [0.2, 0.25) is 0 Å². The highest BCUT2D eigenvalue weighted by Crippen LogP contribution is 2.27. The Bertz CT molecular complexity index is 463. The van der Waals surface area contributed by atoms with Gasteiger partial charge in [0.05, 0.1) is 11.4 Å². The Morgan fingerprint density at radius 3 is 2.69 bits per heavy atom. The number of aromatic nitrogens is 1. The zero-order chi connectivity index (χ0) is 9.42. The third kappa shape index (κ3) is 1.34. The van der Waals surface area contributed by atoms with E-state index in [2.05, 4.69) is 37.9 Å². The summed E-state index contributed by atoms with van der Waals surface area (Å²) >= 11 is 0. The molecule has 0 saturated heterocycles.